The topological polar surface area (TPSA) is 99.8 Å². The van der Waals surface area contributed by atoms with Crippen LogP contribution in [0.25, 0.3) is 5.82 Å². The van der Waals surface area contributed by atoms with Crippen molar-refractivity contribution in [2.24, 2.45) is 5.73 Å². The highest BCUT2D eigenvalue weighted by Gasteiger charge is 2.33. The second kappa shape index (κ2) is 4.26. The lowest BCUT2D eigenvalue weighted by Crippen LogP contribution is -2.15. The lowest BCUT2D eigenvalue weighted by Gasteiger charge is -2.05. The molecule has 0 saturated heterocycles. The number of rotatable bonds is 2. The summed E-state index contributed by atoms with van der Waals surface area (Å²) in [4.78, 5) is 14.9. The van der Waals surface area contributed by atoms with Crippen molar-refractivity contribution in [2.45, 2.75) is 6.18 Å². The van der Waals surface area contributed by atoms with E-state index in [9.17, 15) is 18.0 Å². The zero-order chi connectivity index (χ0) is 14.2. The first-order valence-electron chi connectivity index (χ1n) is 4.97. The van der Waals surface area contributed by atoms with E-state index in [4.69, 9.17) is 11.5 Å². The number of halogens is 3. The molecule has 0 atom stereocenters. The molecule has 2 heterocycles. The minimum absolute atomic E-state index is 0.0125. The number of nitrogen functional groups attached to an aromatic ring is 1. The molecule has 2 aromatic heterocycles. The smallest absolute Gasteiger partial charge is 0.397 e. The lowest BCUT2D eigenvalue weighted by atomic mass is 10.2. The van der Waals surface area contributed by atoms with E-state index in [1.165, 1.54) is 6.07 Å². The zero-order valence-electron chi connectivity index (χ0n) is 9.35. The number of aromatic nitrogens is 3. The van der Waals surface area contributed by atoms with E-state index >= 15 is 0 Å². The lowest BCUT2D eigenvalue weighted by molar-refractivity contribution is -0.141. The van der Waals surface area contributed by atoms with Gasteiger partial charge in [0, 0.05) is 6.20 Å². The van der Waals surface area contributed by atoms with Crippen LogP contribution < -0.4 is 11.5 Å². The Hall–Kier alpha value is -2.58. The second-order valence-electron chi connectivity index (χ2n) is 3.64. The molecule has 0 unspecified atom stereocenters. The molecule has 0 aliphatic heterocycles. The predicted octanol–water partition coefficient (Wildman–Crippen LogP) is 0.967. The first-order chi connectivity index (χ1) is 8.79. The number of primary amides is 1. The summed E-state index contributed by atoms with van der Waals surface area (Å²) < 4.78 is 38.1. The Balaban J connectivity index is 2.45. The zero-order valence-corrected chi connectivity index (χ0v) is 9.35. The van der Waals surface area contributed by atoms with Gasteiger partial charge in [-0.25, -0.2) is 9.67 Å². The Morgan fingerprint density at radius 1 is 1.37 bits per heavy atom. The van der Waals surface area contributed by atoms with E-state index in [-0.39, 0.29) is 17.1 Å². The van der Waals surface area contributed by atoms with Crippen molar-refractivity contribution in [3.63, 3.8) is 0 Å². The fraction of sp³-hybridized carbons (Fsp3) is 0.100. The van der Waals surface area contributed by atoms with E-state index in [0.29, 0.717) is 0 Å². The van der Waals surface area contributed by atoms with Crippen LogP contribution in [0.15, 0.2) is 24.5 Å². The molecule has 0 fully saturated rings. The maximum absolute atomic E-state index is 12.4. The summed E-state index contributed by atoms with van der Waals surface area (Å²) in [5, 5.41) is 3.32. The third kappa shape index (κ3) is 2.49. The van der Waals surface area contributed by atoms with E-state index in [1.54, 1.807) is 0 Å². The number of amides is 1. The SMILES string of the molecule is NC(=O)c1cc(-n2ccc(C(F)(F)F)n2)ncc1N. The number of hydrogen-bond donors (Lipinski definition) is 2. The summed E-state index contributed by atoms with van der Waals surface area (Å²) in [5.41, 5.74) is 9.49. The van der Waals surface area contributed by atoms with E-state index in [0.717, 1.165) is 23.1 Å². The summed E-state index contributed by atoms with van der Waals surface area (Å²) in [6.45, 7) is 0. The normalized spacial score (nSPS) is 11.5. The maximum atomic E-state index is 12.4. The van der Waals surface area contributed by atoms with Crippen molar-refractivity contribution < 1.29 is 18.0 Å². The third-order valence-electron chi connectivity index (χ3n) is 2.30. The average molecular weight is 271 g/mol. The monoisotopic (exact) mass is 271 g/mol. The first kappa shape index (κ1) is 12.9. The third-order valence-corrected chi connectivity index (χ3v) is 2.30. The highest BCUT2D eigenvalue weighted by atomic mass is 19.4. The van der Waals surface area contributed by atoms with Gasteiger partial charge in [0.1, 0.15) is 0 Å². The summed E-state index contributed by atoms with van der Waals surface area (Å²) in [7, 11) is 0. The second-order valence-corrected chi connectivity index (χ2v) is 3.64. The van der Waals surface area contributed by atoms with Gasteiger partial charge in [0.2, 0.25) is 0 Å². The van der Waals surface area contributed by atoms with Crippen molar-refractivity contribution in [1.82, 2.24) is 14.8 Å². The van der Waals surface area contributed by atoms with Crippen LogP contribution in [-0.4, -0.2) is 20.7 Å². The van der Waals surface area contributed by atoms with Gasteiger partial charge in [-0.2, -0.15) is 18.3 Å². The van der Waals surface area contributed by atoms with Crippen LogP contribution in [0.3, 0.4) is 0 Å². The van der Waals surface area contributed by atoms with Crippen LogP contribution in [0.2, 0.25) is 0 Å². The van der Waals surface area contributed by atoms with Crippen molar-refractivity contribution in [3.05, 3.63) is 35.8 Å². The molecular formula is C10H8F3N5O. The molecule has 0 aromatic carbocycles. The number of carbonyl (C=O) groups excluding carboxylic acids is 1. The van der Waals surface area contributed by atoms with Gasteiger partial charge in [0.15, 0.2) is 11.5 Å². The fourth-order valence-corrected chi connectivity index (χ4v) is 1.40. The maximum Gasteiger partial charge on any atom is 0.435 e. The van der Waals surface area contributed by atoms with Crippen LogP contribution in [-0.2, 0) is 6.18 Å². The Morgan fingerprint density at radius 2 is 2.05 bits per heavy atom. The summed E-state index contributed by atoms with van der Waals surface area (Å²) in [6, 6.07) is 1.97. The quantitative estimate of drug-likeness (QED) is 0.849. The van der Waals surface area contributed by atoms with Gasteiger partial charge in [-0.05, 0) is 12.1 Å². The van der Waals surface area contributed by atoms with Gasteiger partial charge in [-0.3, -0.25) is 4.79 Å². The molecule has 2 aromatic rings. The highest BCUT2D eigenvalue weighted by molar-refractivity contribution is 5.98. The predicted molar refractivity (Wildman–Crippen MR) is 59.3 cm³/mol. The number of hydrogen-bond acceptors (Lipinski definition) is 4. The summed E-state index contributed by atoms with van der Waals surface area (Å²) in [6.07, 6.45) is -2.35. The minimum atomic E-state index is -4.55. The van der Waals surface area contributed by atoms with Crippen molar-refractivity contribution in [3.8, 4) is 5.82 Å². The van der Waals surface area contributed by atoms with Crippen LogP contribution >= 0.6 is 0 Å². The molecule has 19 heavy (non-hydrogen) atoms. The molecule has 0 aliphatic rings. The molecule has 0 bridgehead atoms. The first-order valence-corrected chi connectivity index (χ1v) is 4.97. The van der Waals surface area contributed by atoms with E-state index in [2.05, 4.69) is 10.1 Å². The van der Waals surface area contributed by atoms with Crippen molar-refractivity contribution >= 4 is 11.6 Å². The van der Waals surface area contributed by atoms with Gasteiger partial charge in [-0.15, -0.1) is 0 Å². The Labute approximate surface area is 104 Å². The van der Waals surface area contributed by atoms with Crippen LogP contribution in [0, 0.1) is 0 Å². The Kier molecular flexibility index (Phi) is 2.89. The number of nitrogens with zero attached hydrogens (tertiary/aromatic N) is 3. The molecule has 100 valence electrons. The van der Waals surface area contributed by atoms with Crippen LogP contribution in [0.4, 0.5) is 18.9 Å². The molecule has 0 aliphatic carbocycles. The van der Waals surface area contributed by atoms with Gasteiger partial charge < -0.3 is 11.5 Å². The number of pyridine rings is 1. The highest BCUT2D eigenvalue weighted by Crippen LogP contribution is 2.27. The minimum Gasteiger partial charge on any atom is -0.397 e. The van der Waals surface area contributed by atoms with Crippen molar-refractivity contribution in [2.75, 3.05) is 5.73 Å². The van der Waals surface area contributed by atoms with Gasteiger partial charge in [0.25, 0.3) is 5.91 Å². The van der Waals surface area contributed by atoms with E-state index < -0.39 is 17.8 Å². The molecule has 0 spiro atoms. The molecule has 9 heteroatoms. The van der Waals surface area contributed by atoms with Gasteiger partial charge >= 0.3 is 6.18 Å². The van der Waals surface area contributed by atoms with Gasteiger partial charge in [-0.1, -0.05) is 0 Å². The standard InChI is InChI=1S/C10H8F3N5O/c11-10(12,13)7-1-2-18(17-7)8-3-5(9(15)19)6(14)4-16-8/h1-4H,14H2,(H2,15,19). The number of carbonyl (C=O) groups is 1. The van der Waals surface area contributed by atoms with E-state index in [1.807, 2.05) is 0 Å². The number of alkyl halides is 3. The molecule has 4 N–H and O–H groups in total. The molecule has 0 saturated carbocycles. The Morgan fingerprint density at radius 3 is 2.58 bits per heavy atom. The number of nitrogens with two attached hydrogens (primary N) is 2. The van der Waals surface area contributed by atoms with Crippen molar-refractivity contribution in [1.29, 1.82) is 0 Å². The molecule has 6 nitrogen and oxygen atoms in total. The van der Waals surface area contributed by atoms with Crippen LogP contribution in [0.1, 0.15) is 16.1 Å². The molecule has 2 rings (SSSR count). The van der Waals surface area contributed by atoms with Gasteiger partial charge in [0.05, 0.1) is 17.4 Å². The summed E-state index contributed by atoms with van der Waals surface area (Å²) >= 11 is 0. The number of anilines is 1. The van der Waals surface area contributed by atoms with Crippen LogP contribution in [0.5, 0.6) is 0 Å². The summed E-state index contributed by atoms with van der Waals surface area (Å²) in [5.74, 6) is -0.789. The molecule has 1 amide bonds. The molecule has 0 radical (unpaired) electrons. The Bertz CT molecular complexity index is 634. The molecular weight excluding hydrogens is 263 g/mol. The largest absolute Gasteiger partial charge is 0.435 e. The average Bonchev–Trinajstić information content (AvgIpc) is 2.78. The fourth-order valence-electron chi connectivity index (χ4n) is 1.40.